The third kappa shape index (κ3) is 2.96. The van der Waals surface area contributed by atoms with Crippen LogP contribution in [-0.2, 0) is 13.8 Å². The number of phosphoric ester groups is 1. The lowest BCUT2D eigenvalue weighted by atomic mass is 10.1. The number of aliphatic hydroxyl groups is 2. The predicted molar refractivity (Wildman–Crippen MR) is 77.1 cm³/mol. The molecule has 4 atom stereocenters. The van der Waals surface area contributed by atoms with E-state index in [9.17, 15) is 24.4 Å². The Morgan fingerprint density at radius 1 is 1.25 bits per heavy atom. The smallest absolute Gasteiger partial charge is 0.387 e. The molecule has 132 valence electrons. The number of aliphatic hydroxyl groups excluding tert-OH is 2. The van der Waals surface area contributed by atoms with Crippen LogP contribution in [-0.4, -0.2) is 59.5 Å². The fraction of sp³-hybridized carbons (Fsp3) is 0.455. The molecule has 1 saturated heterocycles. The van der Waals surface area contributed by atoms with Gasteiger partial charge in [-0.1, -0.05) is 0 Å². The lowest BCUT2D eigenvalue weighted by molar-refractivity contribution is -0.0520. The van der Waals surface area contributed by atoms with Crippen molar-refractivity contribution in [3.05, 3.63) is 33.2 Å². The zero-order valence-electron chi connectivity index (χ0n) is 11.9. The highest BCUT2D eigenvalue weighted by Gasteiger charge is 2.45. The van der Waals surface area contributed by atoms with E-state index in [0.717, 1.165) is 4.57 Å². The maximum Gasteiger partial charge on any atom is 0.469 e. The van der Waals surface area contributed by atoms with E-state index < -0.39 is 50.2 Å². The molecule has 2 aromatic rings. The summed E-state index contributed by atoms with van der Waals surface area (Å²) in [5.74, 6) is 0. The van der Waals surface area contributed by atoms with Gasteiger partial charge in [-0.15, -0.1) is 0 Å². The number of rotatable bonds is 4. The first-order valence-corrected chi connectivity index (χ1v) is 8.25. The first kappa shape index (κ1) is 17.0. The molecule has 0 aliphatic carbocycles. The average molecular weight is 363 g/mol. The number of fused-ring (bicyclic) bond motifs is 1. The lowest BCUT2D eigenvalue weighted by Crippen LogP contribution is -2.38. The van der Waals surface area contributed by atoms with E-state index in [1.54, 1.807) is 0 Å². The van der Waals surface area contributed by atoms with Crippen LogP contribution in [0.25, 0.3) is 10.9 Å². The SMILES string of the molecule is O=c1[nH]c(=O)n([C@@H]2O[C@H](COP(=O)(O)O)[C@@H](O)[C@H]2O)c2c[nH]cc12. The number of hydrogen-bond donors (Lipinski definition) is 6. The van der Waals surface area contributed by atoms with Crippen molar-refractivity contribution in [2.75, 3.05) is 6.61 Å². The van der Waals surface area contributed by atoms with Gasteiger partial charge in [0.05, 0.1) is 17.5 Å². The van der Waals surface area contributed by atoms with Crippen LogP contribution in [0.3, 0.4) is 0 Å². The number of nitrogens with one attached hydrogen (secondary N) is 2. The summed E-state index contributed by atoms with van der Waals surface area (Å²) in [4.78, 5) is 45.9. The van der Waals surface area contributed by atoms with Gasteiger partial charge in [0, 0.05) is 12.4 Å². The maximum atomic E-state index is 12.1. The molecular formula is C11H14N3O9P. The van der Waals surface area contributed by atoms with Crippen LogP contribution in [0.2, 0.25) is 0 Å². The van der Waals surface area contributed by atoms with E-state index in [4.69, 9.17) is 14.5 Å². The highest BCUT2D eigenvalue weighted by Crippen LogP contribution is 2.38. The van der Waals surface area contributed by atoms with E-state index in [0.29, 0.717) is 0 Å². The minimum Gasteiger partial charge on any atom is -0.387 e. The van der Waals surface area contributed by atoms with Crippen molar-refractivity contribution in [2.45, 2.75) is 24.5 Å². The Hall–Kier alpha value is -1.79. The van der Waals surface area contributed by atoms with Crippen molar-refractivity contribution in [1.82, 2.24) is 14.5 Å². The van der Waals surface area contributed by atoms with E-state index in [-0.39, 0.29) is 10.9 Å². The summed E-state index contributed by atoms with van der Waals surface area (Å²) < 4.78 is 21.2. The Morgan fingerprint density at radius 3 is 2.62 bits per heavy atom. The van der Waals surface area contributed by atoms with Crippen LogP contribution in [0.4, 0.5) is 0 Å². The third-order valence-electron chi connectivity index (χ3n) is 3.67. The normalized spacial score (nSPS) is 27.8. The molecule has 1 fully saturated rings. The van der Waals surface area contributed by atoms with Gasteiger partial charge in [-0.3, -0.25) is 18.9 Å². The van der Waals surface area contributed by atoms with Crippen molar-refractivity contribution in [3.8, 4) is 0 Å². The van der Waals surface area contributed by atoms with E-state index >= 15 is 0 Å². The van der Waals surface area contributed by atoms with E-state index in [1.165, 1.54) is 12.4 Å². The van der Waals surface area contributed by atoms with E-state index in [2.05, 4.69) is 14.5 Å². The summed E-state index contributed by atoms with van der Waals surface area (Å²) in [6.45, 7) is -0.701. The number of hydrogen-bond acceptors (Lipinski definition) is 7. The first-order chi connectivity index (χ1) is 11.2. The number of aromatic amines is 2. The van der Waals surface area contributed by atoms with Gasteiger partial charge in [0.1, 0.15) is 18.3 Å². The second-order valence-electron chi connectivity index (χ2n) is 5.22. The molecule has 3 heterocycles. The molecule has 2 aromatic heterocycles. The summed E-state index contributed by atoms with van der Waals surface area (Å²) in [5.41, 5.74) is -1.38. The first-order valence-electron chi connectivity index (χ1n) is 6.72. The van der Waals surface area contributed by atoms with Crippen LogP contribution >= 0.6 is 7.82 Å². The number of nitrogens with zero attached hydrogens (tertiary/aromatic N) is 1. The molecule has 13 heteroatoms. The van der Waals surface area contributed by atoms with Crippen LogP contribution in [0.15, 0.2) is 22.0 Å². The molecule has 0 bridgehead atoms. The molecular weight excluding hydrogens is 349 g/mol. The van der Waals surface area contributed by atoms with Crippen LogP contribution in [0.5, 0.6) is 0 Å². The summed E-state index contributed by atoms with van der Waals surface area (Å²) in [6.07, 6.45) is -3.13. The van der Waals surface area contributed by atoms with Gasteiger partial charge in [0.15, 0.2) is 6.23 Å². The number of H-pyrrole nitrogens is 2. The number of ether oxygens (including phenoxy) is 1. The van der Waals surface area contributed by atoms with Crippen molar-refractivity contribution < 1.29 is 33.8 Å². The van der Waals surface area contributed by atoms with Gasteiger partial charge in [-0.2, -0.15) is 0 Å². The van der Waals surface area contributed by atoms with Gasteiger partial charge < -0.3 is 29.7 Å². The highest BCUT2D eigenvalue weighted by atomic mass is 31.2. The van der Waals surface area contributed by atoms with Crippen molar-refractivity contribution >= 4 is 18.7 Å². The summed E-state index contributed by atoms with van der Waals surface area (Å²) >= 11 is 0. The van der Waals surface area contributed by atoms with Gasteiger partial charge >= 0.3 is 13.5 Å². The molecule has 6 N–H and O–H groups in total. The van der Waals surface area contributed by atoms with Gasteiger partial charge in [0.2, 0.25) is 0 Å². The zero-order chi connectivity index (χ0) is 17.6. The maximum absolute atomic E-state index is 12.1. The third-order valence-corrected chi connectivity index (χ3v) is 4.15. The molecule has 0 unspecified atom stereocenters. The van der Waals surface area contributed by atoms with Crippen LogP contribution in [0, 0.1) is 0 Å². The molecule has 3 rings (SSSR count). The second-order valence-corrected chi connectivity index (χ2v) is 6.46. The Kier molecular flexibility index (Phi) is 4.21. The molecule has 24 heavy (non-hydrogen) atoms. The average Bonchev–Trinajstić information content (AvgIpc) is 3.05. The monoisotopic (exact) mass is 363 g/mol. The Balaban J connectivity index is 1.96. The van der Waals surface area contributed by atoms with Crippen molar-refractivity contribution in [1.29, 1.82) is 0 Å². The number of aromatic nitrogens is 3. The van der Waals surface area contributed by atoms with Crippen LogP contribution < -0.4 is 11.2 Å². The molecule has 0 spiro atoms. The fourth-order valence-electron chi connectivity index (χ4n) is 2.57. The lowest BCUT2D eigenvalue weighted by Gasteiger charge is -2.18. The predicted octanol–water partition coefficient (Wildman–Crippen LogP) is -2.25. The van der Waals surface area contributed by atoms with Crippen molar-refractivity contribution in [2.24, 2.45) is 0 Å². The second kappa shape index (κ2) is 5.93. The minimum atomic E-state index is -4.80. The van der Waals surface area contributed by atoms with Gasteiger partial charge in [0.25, 0.3) is 5.56 Å². The fourth-order valence-corrected chi connectivity index (χ4v) is 2.92. The quantitative estimate of drug-likeness (QED) is 0.326. The molecule has 0 amide bonds. The molecule has 12 nitrogen and oxygen atoms in total. The number of phosphoric acid groups is 1. The minimum absolute atomic E-state index is 0.134. The van der Waals surface area contributed by atoms with Gasteiger partial charge in [-0.05, 0) is 0 Å². The Bertz CT molecular complexity index is 911. The van der Waals surface area contributed by atoms with Gasteiger partial charge in [-0.25, -0.2) is 9.36 Å². The molecule has 1 aliphatic rings. The Labute approximate surface area is 132 Å². The zero-order valence-corrected chi connectivity index (χ0v) is 12.8. The molecule has 0 radical (unpaired) electrons. The summed E-state index contributed by atoms with van der Waals surface area (Å²) in [7, 11) is -4.80. The molecule has 0 aromatic carbocycles. The van der Waals surface area contributed by atoms with E-state index in [1.807, 2.05) is 0 Å². The van der Waals surface area contributed by atoms with Crippen molar-refractivity contribution in [3.63, 3.8) is 0 Å². The molecule has 1 aliphatic heterocycles. The Morgan fingerprint density at radius 2 is 1.96 bits per heavy atom. The summed E-state index contributed by atoms with van der Waals surface area (Å²) in [6, 6.07) is 0. The molecule has 0 saturated carbocycles. The standard InChI is InChI=1S/C11H14N3O9P/c15-7-6(3-22-24(19,20)21)23-10(8(7)16)14-5-2-12-1-4(5)9(17)13-11(14)18/h1-2,6-8,10,12,15-16H,3H2,(H,13,17,18)(H2,19,20,21)/t6-,7-,8-,10-/m1/s1. The van der Waals surface area contributed by atoms with Crippen LogP contribution in [0.1, 0.15) is 6.23 Å². The highest BCUT2D eigenvalue weighted by molar-refractivity contribution is 7.46. The largest absolute Gasteiger partial charge is 0.469 e. The summed E-state index contributed by atoms with van der Waals surface area (Å²) in [5, 5.41) is 20.2. The topological polar surface area (TPSA) is 187 Å².